The Hall–Kier alpha value is -3.87. The normalized spacial score (nSPS) is 12.0. The number of benzene rings is 3. The molecule has 0 aliphatic rings. The Bertz CT molecular complexity index is 1310. The number of H-pyrrole nitrogens is 1. The molecule has 168 valence electrons. The molecule has 4 rings (SSSR count). The van der Waals surface area contributed by atoms with Crippen LogP contribution >= 0.6 is 0 Å². The lowest BCUT2D eigenvalue weighted by molar-refractivity contribution is 0.0679. The summed E-state index contributed by atoms with van der Waals surface area (Å²) in [6.07, 6.45) is 2.08. The number of rotatable bonds is 7. The van der Waals surface area contributed by atoms with Gasteiger partial charge in [0.15, 0.2) is 0 Å². The second-order valence-corrected chi connectivity index (χ2v) is 8.25. The van der Waals surface area contributed by atoms with E-state index in [1.807, 2.05) is 25.1 Å². The van der Waals surface area contributed by atoms with Gasteiger partial charge in [0.2, 0.25) is 0 Å². The molecule has 33 heavy (non-hydrogen) atoms. The number of hydrogen-bond acceptors (Lipinski definition) is 3. The van der Waals surface area contributed by atoms with Gasteiger partial charge in [-0.3, -0.25) is 9.89 Å². The molecule has 1 atom stereocenters. The van der Waals surface area contributed by atoms with Crippen LogP contribution in [-0.2, 0) is 6.54 Å². The van der Waals surface area contributed by atoms with Crippen molar-refractivity contribution in [3.05, 3.63) is 89.6 Å². The van der Waals surface area contributed by atoms with E-state index < -0.39 is 11.6 Å². The third-order valence-corrected chi connectivity index (χ3v) is 5.65. The summed E-state index contributed by atoms with van der Waals surface area (Å²) in [5, 5.41) is 15.7. The topological polar surface area (TPSA) is 72.8 Å². The van der Waals surface area contributed by atoms with E-state index >= 15 is 0 Å². The predicted molar refractivity (Wildman–Crippen MR) is 125 cm³/mol. The van der Waals surface area contributed by atoms with Gasteiger partial charge in [-0.15, -0.1) is 0 Å². The number of fused-ring (bicyclic) bond motifs is 1. The fraction of sp³-hybridized carbons (Fsp3) is 0.192. The SMILES string of the molecule is CC(=N)C[C@H](C)N(Cc1cc(-c2ccc3[nH]ncc3c2)ccc1F)C(=O)c1ccc(F)cc1. The van der Waals surface area contributed by atoms with Gasteiger partial charge in [0, 0.05) is 41.2 Å². The lowest BCUT2D eigenvalue weighted by atomic mass is 10.0. The van der Waals surface area contributed by atoms with Crippen LogP contribution in [0.2, 0.25) is 0 Å². The Morgan fingerprint density at radius 1 is 1.06 bits per heavy atom. The summed E-state index contributed by atoms with van der Waals surface area (Å²) in [6, 6.07) is 15.6. The monoisotopic (exact) mass is 446 g/mol. The number of aromatic nitrogens is 2. The minimum Gasteiger partial charge on any atom is -0.331 e. The van der Waals surface area contributed by atoms with E-state index in [9.17, 15) is 13.6 Å². The van der Waals surface area contributed by atoms with Crippen molar-refractivity contribution in [1.29, 1.82) is 5.41 Å². The second kappa shape index (κ2) is 9.32. The van der Waals surface area contributed by atoms with Crippen molar-refractivity contribution in [2.45, 2.75) is 32.9 Å². The number of halogens is 2. The van der Waals surface area contributed by atoms with Crippen molar-refractivity contribution >= 4 is 22.5 Å². The summed E-state index contributed by atoms with van der Waals surface area (Å²) >= 11 is 0. The third-order valence-electron chi connectivity index (χ3n) is 5.65. The van der Waals surface area contributed by atoms with Crippen molar-refractivity contribution in [2.75, 3.05) is 0 Å². The minimum absolute atomic E-state index is 0.0261. The van der Waals surface area contributed by atoms with E-state index in [-0.39, 0.29) is 18.5 Å². The summed E-state index contributed by atoms with van der Waals surface area (Å²) in [7, 11) is 0. The minimum atomic E-state index is -0.435. The van der Waals surface area contributed by atoms with E-state index in [4.69, 9.17) is 5.41 Å². The molecule has 0 bridgehead atoms. The van der Waals surface area contributed by atoms with Crippen molar-refractivity contribution in [3.8, 4) is 11.1 Å². The molecular formula is C26H24F2N4O. The Morgan fingerprint density at radius 2 is 1.76 bits per heavy atom. The number of amides is 1. The first-order chi connectivity index (χ1) is 15.8. The summed E-state index contributed by atoms with van der Waals surface area (Å²) in [5.41, 5.74) is 3.73. The third kappa shape index (κ3) is 4.98. The lowest BCUT2D eigenvalue weighted by Crippen LogP contribution is -2.39. The molecular weight excluding hydrogens is 422 g/mol. The van der Waals surface area contributed by atoms with Crippen LogP contribution in [0.5, 0.6) is 0 Å². The molecule has 1 heterocycles. The average Bonchev–Trinajstić information content (AvgIpc) is 3.26. The Morgan fingerprint density at radius 3 is 2.48 bits per heavy atom. The van der Waals surface area contributed by atoms with Crippen molar-refractivity contribution < 1.29 is 13.6 Å². The van der Waals surface area contributed by atoms with Crippen molar-refractivity contribution in [2.24, 2.45) is 0 Å². The van der Waals surface area contributed by atoms with E-state index in [1.165, 1.54) is 35.2 Å². The molecule has 4 aromatic rings. The number of aromatic amines is 1. The first-order valence-electron chi connectivity index (χ1n) is 10.6. The molecule has 1 aromatic heterocycles. The number of carbonyl (C=O) groups is 1. The van der Waals surface area contributed by atoms with Gasteiger partial charge in [0.1, 0.15) is 11.6 Å². The van der Waals surface area contributed by atoms with Crippen molar-refractivity contribution in [3.63, 3.8) is 0 Å². The van der Waals surface area contributed by atoms with Gasteiger partial charge >= 0.3 is 0 Å². The first-order valence-corrected chi connectivity index (χ1v) is 10.6. The zero-order valence-corrected chi connectivity index (χ0v) is 18.4. The second-order valence-electron chi connectivity index (χ2n) is 8.25. The van der Waals surface area contributed by atoms with E-state index in [1.54, 1.807) is 25.3 Å². The van der Waals surface area contributed by atoms with Gasteiger partial charge in [0.25, 0.3) is 5.91 Å². The van der Waals surface area contributed by atoms with Crippen LogP contribution in [0.4, 0.5) is 8.78 Å². The Labute approximate surface area is 190 Å². The Kier molecular flexibility index (Phi) is 6.31. The summed E-state index contributed by atoms with van der Waals surface area (Å²) < 4.78 is 28.2. The van der Waals surface area contributed by atoms with Crippen LogP contribution in [0.15, 0.2) is 66.9 Å². The zero-order valence-electron chi connectivity index (χ0n) is 18.4. The maximum atomic E-state index is 14.8. The molecule has 1 amide bonds. The molecule has 2 N–H and O–H groups in total. The molecule has 0 saturated carbocycles. The molecule has 0 radical (unpaired) electrons. The number of carbonyl (C=O) groups excluding carboxylic acids is 1. The fourth-order valence-electron chi connectivity index (χ4n) is 3.92. The van der Waals surface area contributed by atoms with Crippen LogP contribution in [0.3, 0.4) is 0 Å². The molecule has 0 unspecified atom stereocenters. The Balaban J connectivity index is 1.68. The molecule has 0 aliphatic carbocycles. The highest BCUT2D eigenvalue weighted by molar-refractivity contribution is 5.95. The molecule has 0 saturated heterocycles. The maximum Gasteiger partial charge on any atom is 0.254 e. The highest BCUT2D eigenvalue weighted by Crippen LogP contribution is 2.27. The highest BCUT2D eigenvalue weighted by Gasteiger charge is 2.24. The van der Waals surface area contributed by atoms with E-state index in [2.05, 4.69) is 10.2 Å². The van der Waals surface area contributed by atoms with Gasteiger partial charge in [0.05, 0.1) is 11.7 Å². The quantitative estimate of drug-likeness (QED) is 0.343. The summed E-state index contributed by atoms with van der Waals surface area (Å²) in [5.74, 6) is -1.19. The summed E-state index contributed by atoms with van der Waals surface area (Å²) in [6.45, 7) is 3.52. The molecule has 0 spiro atoms. The lowest BCUT2D eigenvalue weighted by Gasteiger charge is -2.30. The van der Waals surface area contributed by atoms with Crippen LogP contribution in [0, 0.1) is 17.0 Å². The zero-order chi connectivity index (χ0) is 23.5. The van der Waals surface area contributed by atoms with Crippen LogP contribution in [0.1, 0.15) is 36.2 Å². The summed E-state index contributed by atoms with van der Waals surface area (Å²) in [4.78, 5) is 14.8. The van der Waals surface area contributed by atoms with E-state index in [0.717, 1.165) is 22.0 Å². The van der Waals surface area contributed by atoms with Crippen LogP contribution in [-0.4, -0.2) is 32.8 Å². The number of hydrogen-bond donors (Lipinski definition) is 2. The van der Waals surface area contributed by atoms with Gasteiger partial charge in [-0.25, -0.2) is 8.78 Å². The molecule has 3 aromatic carbocycles. The molecule has 0 fully saturated rings. The predicted octanol–water partition coefficient (Wildman–Crippen LogP) is 5.97. The molecule has 0 aliphatic heterocycles. The van der Waals surface area contributed by atoms with Crippen molar-refractivity contribution in [1.82, 2.24) is 15.1 Å². The maximum absolute atomic E-state index is 14.8. The standard InChI is InChI=1S/C26H24F2N4O/c1-16(29)11-17(2)32(26(33)18-3-7-23(27)8-4-18)15-22-13-19(5-9-24(22)28)20-6-10-25-21(12-20)14-30-31-25/h3-10,12-14,17,29H,11,15H2,1-2H3,(H,30,31)/t17-/m0/s1. The fourth-order valence-corrected chi connectivity index (χ4v) is 3.92. The first kappa shape index (κ1) is 22.3. The van der Waals surface area contributed by atoms with E-state index in [0.29, 0.717) is 23.3 Å². The largest absolute Gasteiger partial charge is 0.331 e. The number of nitrogens with one attached hydrogen (secondary N) is 2. The van der Waals surface area contributed by atoms with Gasteiger partial charge < -0.3 is 10.3 Å². The van der Waals surface area contributed by atoms with Gasteiger partial charge in [-0.1, -0.05) is 12.1 Å². The van der Waals surface area contributed by atoms with Crippen LogP contribution in [0.25, 0.3) is 22.0 Å². The molecule has 7 heteroatoms. The number of nitrogens with zero attached hydrogens (tertiary/aromatic N) is 2. The van der Waals surface area contributed by atoms with Crippen LogP contribution < -0.4 is 0 Å². The van der Waals surface area contributed by atoms with Gasteiger partial charge in [-0.05, 0) is 73.5 Å². The molecule has 5 nitrogen and oxygen atoms in total. The smallest absolute Gasteiger partial charge is 0.254 e. The highest BCUT2D eigenvalue weighted by atomic mass is 19.1. The average molecular weight is 447 g/mol. The van der Waals surface area contributed by atoms with Gasteiger partial charge in [-0.2, -0.15) is 5.10 Å².